The van der Waals surface area contributed by atoms with Crippen molar-refractivity contribution in [1.29, 1.82) is 0 Å². The van der Waals surface area contributed by atoms with E-state index in [2.05, 4.69) is 30.8 Å². The van der Waals surface area contributed by atoms with Gasteiger partial charge in [-0.1, -0.05) is 56.6 Å². The van der Waals surface area contributed by atoms with Crippen molar-refractivity contribution in [1.82, 2.24) is 14.9 Å². The number of carbonyl (C=O) groups excluding carboxylic acids is 1. The van der Waals surface area contributed by atoms with Gasteiger partial charge in [0.05, 0.1) is 4.90 Å². The van der Waals surface area contributed by atoms with Gasteiger partial charge in [0, 0.05) is 37.1 Å². The molecule has 4 atom stereocenters. The summed E-state index contributed by atoms with van der Waals surface area (Å²) in [6.07, 6.45) is -0.806. The maximum Gasteiger partial charge on any atom is 0.345 e. The van der Waals surface area contributed by atoms with Crippen molar-refractivity contribution in [3.63, 3.8) is 0 Å². The van der Waals surface area contributed by atoms with Gasteiger partial charge >= 0.3 is 12.0 Å². The summed E-state index contributed by atoms with van der Waals surface area (Å²) < 4.78 is 38.8. The molecular formula is C33H39Cl2N3O7S. The summed E-state index contributed by atoms with van der Waals surface area (Å²) in [4.78, 5) is 25.9. The van der Waals surface area contributed by atoms with Crippen molar-refractivity contribution in [2.45, 2.75) is 49.6 Å². The van der Waals surface area contributed by atoms with Crippen LogP contribution in [0.3, 0.4) is 0 Å². The zero-order valence-electron chi connectivity index (χ0n) is 25.8. The first-order valence-corrected chi connectivity index (χ1v) is 16.7. The Bertz CT molecular complexity index is 1600. The number of halogens is 2. The number of fused-ring (bicyclic) bond motifs is 1. The molecule has 1 aliphatic carbocycles. The number of hydrogen-bond acceptors (Lipinski definition) is 7. The molecule has 3 aromatic rings. The lowest BCUT2D eigenvalue weighted by Crippen LogP contribution is -2.44. The van der Waals surface area contributed by atoms with Gasteiger partial charge in [0.15, 0.2) is 6.10 Å². The van der Waals surface area contributed by atoms with Crippen molar-refractivity contribution in [3.05, 3.63) is 88.9 Å². The molecule has 1 heterocycles. The van der Waals surface area contributed by atoms with Gasteiger partial charge in [-0.2, -0.15) is 0 Å². The van der Waals surface area contributed by atoms with E-state index in [4.69, 9.17) is 21.1 Å². The maximum atomic E-state index is 12.6. The number of nitrogens with one attached hydrogen (secondary N) is 2. The van der Waals surface area contributed by atoms with Gasteiger partial charge in [-0.05, 0) is 76.9 Å². The van der Waals surface area contributed by atoms with E-state index in [1.807, 2.05) is 36.4 Å². The van der Waals surface area contributed by atoms with E-state index in [-0.39, 0.29) is 47.0 Å². The second-order valence-electron chi connectivity index (χ2n) is 12.5. The number of ether oxygens (including phenoxy) is 2. The summed E-state index contributed by atoms with van der Waals surface area (Å²) in [5.74, 6) is 0.702. The highest BCUT2D eigenvalue weighted by Gasteiger charge is 2.56. The molecule has 0 unspecified atom stereocenters. The summed E-state index contributed by atoms with van der Waals surface area (Å²) >= 11 is 5.82. The molecule has 3 aromatic carbocycles. The zero-order valence-corrected chi connectivity index (χ0v) is 28.2. The minimum atomic E-state index is -3.97. The predicted molar refractivity (Wildman–Crippen MR) is 178 cm³/mol. The summed E-state index contributed by atoms with van der Waals surface area (Å²) in [6, 6.07) is 20.1. The summed E-state index contributed by atoms with van der Waals surface area (Å²) in [5.41, 5.74) is 1.96. The van der Waals surface area contributed by atoms with Crippen molar-refractivity contribution in [3.8, 4) is 11.5 Å². The van der Waals surface area contributed by atoms with E-state index in [0.717, 1.165) is 11.1 Å². The van der Waals surface area contributed by atoms with Gasteiger partial charge in [0.25, 0.3) is 10.0 Å². The highest BCUT2D eigenvalue weighted by atomic mass is 35.5. The monoisotopic (exact) mass is 691 g/mol. The number of nitrogens with zero attached hydrogens (tertiary/aromatic N) is 1. The number of sulfonamides is 1. The largest absolute Gasteiger partial charge is 0.492 e. The van der Waals surface area contributed by atoms with Crippen LogP contribution in [0.2, 0.25) is 5.02 Å². The molecule has 10 nitrogen and oxygen atoms in total. The molecule has 0 aromatic heterocycles. The van der Waals surface area contributed by atoms with E-state index in [9.17, 15) is 23.1 Å². The quantitative estimate of drug-likeness (QED) is 0.223. The van der Waals surface area contributed by atoms with Crippen LogP contribution >= 0.6 is 24.0 Å². The van der Waals surface area contributed by atoms with E-state index < -0.39 is 28.1 Å². The third-order valence-corrected chi connectivity index (χ3v) is 9.78. The molecule has 2 aliphatic rings. The van der Waals surface area contributed by atoms with Crippen molar-refractivity contribution in [2.24, 2.45) is 11.8 Å². The topological polar surface area (TPSA) is 134 Å². The second-order valence-corrected chi connectivity index (χ2v) is 14.6. The lowest BCUT2D eigenvalue weighted by atomic mass is 9.87. The third kappa shape index (κ3) is 8.85. The Morgan fingerprint density at radius 3 is 2.11 bits per heavy atom. The molecule has 3 N–H and O–H groups in total. The van der Waals surface area contributed by atoms with Crippen LogP contribution in [-0.2, 0) is 26.7 Å². The average Bonchev–Trinajstić information content (AvgIpc) is 3.42. The number of rotatable bonds is 12. The molecule has 0 radical (unpaired) electrons. The molecule has 2 fully saturated rings. The van der Waals surface area contributed by atoms with Crippen LogP contribution in [0.1, 0.15) is 31.9 Å². The van der Waals surface area contributed by atoms with Crippen molar-refractivity contribution < 1.29 is 32.6 Å². The van der Waals surface area contributed by atoms with E-state index in [0.29, 0.717) is 42.8 Å². The highest BCUT2D eigenvalue weighted by Crippen LogP contribution is 2.45. The number of carbonyl (C=O) groups is 2. The Morgan fingerprint density at radius 2 is 1.54 bits per heavy atom. The lowest BCUT2D eigenvalue weighted by Gasteiger charge is -2.21. The van der Waals surface area contributed by atoms with Gasteiger partial charge in [0.1, 0.15) is 18.1 Å². The minimum Gasteiger partial charge on any atom is -0.492 e. The first-order valence-electron chi connectivity index (χ1n) is 14.8. The fourth-order valence-corrected chi connectivity index (χ4v) is 6.65. The van der Waals surface area contributed by atoms with Crippen LogP contribution in [-0.4, -0.2) is 68.8 Å². The average molecular weight is 693 g/mol. The number of carboxylic acid groups (broad SMARTS) is 1. The molecule has 1 aliphatic heterocycles. The first kappa shape index (κ1) is 35.3. The smallest absolute Gasteiger partial charge is 0.345 e. The molecule has 46 heavy (non-hydrogen) atoms. The Balaban J connectivity index is 0.00000480. The highest BCUT2D eigenvalue weighted by molar-refractivity contribution is 7.90. The van der Waals surface area contributed by atoms with Gasteiger partial charge in [0.2, 0.25) is 0 Å². The predicted octanol–water partition coefficient (Wildman–Crippen LogP) is 5.13. The molecule has 248 valence electrons. The SMILES string of the molecule is CC(C)(C)c1ccc(O[C@@H](Cc2ccc(OCCN[C@H]3[C@@H]4CN(C(=O)NS(=O)(=O)c5ccc(Cl)cc5)C[C@@H]43)cc2)C(=O)O)cc1.Cl. The molecule has 5 rings (SSSR count). The van der Waals surface area contributed by atoms with E-state index >= 15 is 0 Å². The normalized spacial score (nSPS) is 19.4. The Hall–Kier alpha value is -3.51. The molecule has 13 heteroatoms. The van der Waals surface area contributed by atoms with Crippen LogP contribution in [0, 0.1) is 11.8 Å². The van der Waals surface area contributed by atoms with Gasteiger partial charge in [-0.15, -0.1) is 12.4 Å². The first-order chi connectivity index (χ1) is 21.3. The number of piperidine rings is 1. The lowest BCUT2D eigenvalue weighted by molar-refractivity contribution is -0.145. The van der Waals surface area contributed by atoms with Crippen LogP contribution in [0.25, 0.3) is 0 Å². The number of urea groups is 1. The Kier molecular flexibility index (Phi) is 11.1. The second kappa shape index (κ2) is 14.5. The van der Waals surface area contributed by atoms with E-state index in [1.165, 1.54) is 29.2 Å². The van der Waals surface area contributed by atoms with Crippen molar-refractivity contribution >= 4 is 46.0 Å². The van der Waals surface area contributed by atoms with Crippen molar-refractivity contribution in [2.75, 3.05) is 26.2 Å². The van der Waals surface area contributed by atoms with Crippen LogP contribution in [0.5, 0.6) is 11.5 Å². The molecular weight excluding hydrogens is 653 g/mol. The molecule has 1 saturated carbocycles. The third-order valence-electron chi connectivity index (χ3n) is 8.20. The molecule has 2 amide bonds. The van der Waals surface area contributed by atoms with Crippen LogP contribution < -0.4 is 19.5 Å². The fourth-order valence-electron chi connectivity index (χ4n) is 5.55. The number of aliphatic carboxylic acids is 1. The summed E-state index contributed by atoms with van der Waals surface area (Å²) in [7, 11) is -3.97. The molecule has 1 saturated heterocycles. The van der Waals surface area contributed by atoms with Gasteiger partial charge < -0.3 is 24.8 Å². The fraction of sp³-hybridized carbons (Fsp3) is 0.394. The zero-order chi connectivity index (χ0) is 32.4. The number of hydrogen-bond donors (Lipinski definition) is 3. The number of likely N-dealkylation sites (tertiary alicyclic amines) is 1. The standard InChI is InChI=1S/C33H38ClN3O7S.ClH/c1-33(2,3)22-6-12-25(13-7-22)44-29(31(38)39)18-21-4-10-24(11-5-21)43-17-16-35-30-27-19-37(20-28(27)30)32(40)36-45(41,42)26-14-8-23(34)9-15-26;/h4-15,27-30,35H,16-20H2,1-3H3,(H,36,40)(H,38,39);1H/t27-,28+,29-,30+;/m0./s1. The Labute approximate surface area is 280 Å². The summed E-state index contributed by atoms with van der Waals surface area (Å²) in [5, 5.41) is 13.6. The number of carboxylic acids is 1. The number of benzene rings is 3. The van der Waals surface area contributed by atoms with Gasteiger partial charge in [-0.3, -0.25) is 0 Å². The minimum absolute atomic E-state index is 0. The van der Waals surface area contributed by atoms with E-state index in [1.54, 1.807) is 12.1 Å². The Morgan fingerprint density at radius 1 is 0.957 bits per heavy atom. The number of amides is 2. The van der Waals surface area contributed by atoms with Gasteiger partial charge in [-0.25, -0.2) is 22.7 Å². The maximum absolute atomic E-state index is 12.6. The molecule has 0 spiro atoms. The summed E-state index contributed by atoms with van der Waals surface area (Å²) in [6.45, 7) is 8.36. The van der Waals surface area contributed by atoms with Crippen LogP contribution in [0.15, 0.2) is 77.7 Å². The van der Waals surface area contributed by atoms with Crippen LogP contribution in [0.4, 0.5) is 4.79 Å². The molecule has 0 bridgehead atoms.